The lowest BCUT2D eigenvalue weighted by Crippen LogP contribution is -2.06. The van der Waals surface area contributed by atoms with E-state index in [1.165, 1.54) is 6.20 Å². The van der Waals surface area contributed by atoms with Crippen molar-refractivity contribution in [3.05, 3.63) is 47.9 Å². The number of nitrogens with zero attached hydrogens (tertiary/aromatic N) is 1. The molecule has 0 aromatic heterocycles. The van der Waals surface area contributed by atoms with Gasteiger partial charge in [-0.25, -0.2) is 0 Å². The first kappa shape index (κ1) is 14.2. The van der Waals surface area contributed by atoms with Gasteiger partial charge in [-0.15, -0.1) is 0 Å². The molecule has 0 saturated carbocycles. The molecule has 0 fully saturated rings. The molecule has 0 bridgehead atoms. The summed E-state index contributed by atoms with van der Waals surface area (Å²) in [4.78, 5) is 4.20. The zero-order chi connectivity index (χ0) is 13.2. The topological polar surface area (TPSA) is 47.6 Å². The summed E-state index contributed by atoms with van der Waals surface area (Å²) in [7, 11) is 0. The molecule has 0 aliphatic rings. The maximum Gasteiger partial charge on any atom is 0.155 e. The standard InChI is InChI=1S/C14H19FN2O/c1-12(17-9-5-8-15)14(10-16)18-11-13-6-3-2-4-7-13/h2-4,6-7,10H,5,8-9,11,16H2,1H3. The van der Waals surface area contributed by atoms with E-state index in [0.717, 1.165) is 5.56 Å². The van der Waals surface area contributed by atoms with Gasteiger partial charge in [0.1, 0.15) is 6.61 Å². The van der Waals surface area contributed by atoms with Gasteiger partial charge in [0.2, 0.25) is 0 Å². The molecule has 0 atom stereocenters. The Labute approximate surface area is 107 Å². The van der Waals surface area contributed by atoms with Gasteiger partial charge in [0.25, 0.3) is 0 Å². The lowest BCUT2D eigenvalue weighted by Gasteiger charge is -2.09. The first-order valence-electron chi connectivity index (χ1n) is 5.94. The van der Waals surface area contributed by atoms with E-state index < -0.39 is 0 Å². The molecule has 1 aromatic carbocycles. The summed E-state index contributed by atoms with van der Waals surface area (Å²) in [6.07, 6.45) is 1.81. The van der Waals surface area contributed by atoms with E-state index in [9.17, 15) is 4.39 Å². The van der Waals surface area contributed by atoms with Gasteiger partial charge in [-0.2, -0.15) is 0 Å². The van der Waals surface area contributed by atoms with Crippen LogP contribution in [0.3, 0.4) is 0 Å². The predicted octanol–water partition coefficient (Wildman–Crippen LogP) is 2.82. The Kier molecular flexibility index (Phi) is 6.54. The van der Waals surface area contributed by atoms with Gasteiger partial charge < -0.3 is 10.5 Å². The van der Waals surface area contributed by atoms with Crippen LogP contribution in [-0.4, -0.2) is 18.9 Å². The Hall–Kier alpha value is -1.84. The number of alkyl halides is 1. The van der Waals surface area contributed by atoms with Gasteiger partial charge in [0.15, 0.2) is 5.76 Å². The fourth-order valence-electron chi connectivity index (χ4n) is 1.39. The van der Waals surface area contributed by atoms with E-state index in [0.29, 0.717) is 31.0 Å². The van der Waals surface area contributed by atoms with Gasteiger partial charge in [-0.1, -0.05) is 30.3 Å². The van der Waals surface area contributed by atoms with Crippen LogP contribution in [0.15, 0.2) is 47.3 Å². The summed E-state index contributed by atoms with van der Waals surface area (Å²) >= 11 is 0. The molecular weight excluding hydrogens is 231 g/mol. The van der Waals surface area contributed by atoms with Crippen LogP contribution in [0.1, 0.15) is 18.9 Å². The maximum absolute atomic E-state index is 12.0. The second-order valence-corrected chi connectivity index (χ2v) is 3.81. The molecule has 0 amide bonds. The molecule has 3 nitrogen and oxygen atoms in total. The molecule has 1 rings (SSSR count). The fraction of sp³-hybridized carbons (Fsp3) is 0.357. The van der Waals surface area contributed by atoms with E-state index in [2.05, 4.69) is 4.99 Å². The van der Waals surface area contributed by atoms with Crippen LogP contribution < -0.4 is 5.73 Å². The number of hydrogen-bond acceptors (Lipinski definition) is 3. The number of ether oxygens (including phenoxy) is 1. The summed E-state index contributed by atoms with van der Waals surface area (Å²) in [6, 6.07) is 9.81. The quantitative estimate of drug-likeness (QED) is 0.459. The summed E-state index contributed by atoms with van der Waals surface area (Å²) in [5.74, 6) is 0.540. The Morgan fingerprint density at radius 2 is 2.11 bits per heavy atom. The van der Waals surface area contributed by atoms with Crippen molar-refractivity contribution in [3.63, 3.8) is 0 Å². The monoisotopic (exact) mass is 250 g/mol. The fourth-order valence-corrected chi connectivity index (χ4v) is 1.39. The van der Waals surface area contributed by atoms with E-state index in [1.807, 2.05) is 37.3 Å². The Morgan fingerprint density at radius 1 is 1.39 bits per heavy atom. The number of allylic oxidation sites excluding steroid dienone is 1. The van der Waals surface area contributed by atoms with Gasteiger partial charge in [-0.3, -0.25) is 9.38 Å². The summed E-state index contributed by atoms with van der Waals surface area (Å²) in [6.45, 7) is 2.35. The maximum atomic E-state index is 12.0. The van der Waals surface area contributed by atoms with Crippen LogP contribution in [-0.2, 0) is 11.3 Å². The third-order valence-corrected chi connectivity index (χ3v) is 2.39. The highest BCUT2D eigenvalue weighted by molar-refractivity contribution is 5.96. The molecule has 0 spiro atoms. The van der Waals surface area contributed by atoms with Crippen molar-refractivity contribution in [1.82, 2.24) is 0 Å². The summed E-state index contributed by atoms with van der Waals surface area (Å²) in [5, 5.41) is 0. The van der Waals surface area contributed by atoms with Crippen molar-refractivity contribution >= 4 is 5.71 Å². The average molecular weight is 250 g/mol. The molecular formula is C14H19FN2O. The van der Waals surface area contributed by atoms with E-state index in [1.54, 1.807) is 0 Å². The van der Waals surface area contributed by atoms with Crippen LogP contribution in [0.5, 0.6) is 0 Å². The van der Waals surface area contributed by atoms with Crippen molar-refractivity contribution in [2.45, 2.75) is 20.0 Å². The molecule has 1 aromatic rings. The normalized spacial score (nSPS) is 12.6. The zero-order valence-electron chi connectivity index (χ0n) is 10.6. The van der Waals surface area contributed by atoms with Crippen LogP contribution in [0.25, 0.3) is 0 Å². The van der Waals surface area contributed by atoms with E-state index >= 15 is 0 Å². The molecule has 0 heterocycles. The van der Waals surface area contributed by atoms with Crippen LogP contribution in [0.2, 0.25) is 0 Å². The van der Waals surface area contributed by atoms with Crippen molar-refractivity contribution in [2.75, 3.05) is 13.2 Å². The minimum Gasteiger partial charge on any atom is -0.486 e. The molecule has 0 aliphatic carbocycles. The van der Waals surface area contributed by atoms with Gasteiger partial charge in [0.05, 0.1) is 12.4 Å². The lowest BCUT2D eigenvalue weighted by atomic mass is 10.2. The molecule has 0 saturated heterocycles. The SMILES string of the molecule is CC(=NCCCF)C(=CN)OCc1ccccc1. The van der Waals surface area contributed by atoms with Crippen LogP contribution >= 0.6 is 0 Å². The number of benzene rings is 1. The molecule has 18 heavy (non-hydrogen) atoms. The van der Waals surface area contributed by atoms with Gasteiger partial charge in [-0.05, 0) is 18.9 Å². The number of hydrogen-bond donors (Lipinski definition) is 1. The Balaban J connectivity index is 2.50. The van der Waals surface area contributed by atoms with Gasteiger partial charge >= 0.3 is 0 Å². The average Bonchev–Trinajstić information content (AvgIpc) is 2.41. The number of rotatable bonds is 7. The third-order valence-electron chi connectivity index (χ3n) is 2.39. The molecule has 2 N–H and O–H groups in total. The molecule has 0 aliphatic heterocycles. The third kappa shape index (κ3) is 4.99. The summed E-state index contributed by atoms with van der Waals surface area (Å²) < 4.78 is 17.5. The smallest absolute Gasteiger partial charge is 0.155 e. The minimum absolute atomic E-state index is 0.358. The number of nitrogens with two attached hydrogens (primary N) is 1. The van der Waals surface area contributed by atoms with Crippen LogP contribution in [0, 0.1) is 0 Å². The molecule has 0 radical (unpaired) electrons. The van der Waals surface area contributed by atoms with Crippen molar-refractivity contribution in [1.29, 1.82) is 0 Å². The van der Waals surface area contributed by atoms with E-state index in [-0.39, 0.29) is 6.67 Å². The number of halogens is 1. The highest BCUT2D eigenvalue weighted by atomic mass is 19.1. The molecule has 98 valence electrons. The number of aliphatic imine (C=N–C) groups is 1. The van der Waals surface area contributed by atoms with Gasteiger partial charge in [0, 0.05) is 12.7 Å². The van der Waals surface area contributed by atoms with Crippen molar-refractivity contribution in [2.24, 2.45) is 10.7 Å². The minimum atomic E-state index is -0.358. The molecule has 0 unspecified atom stereocenters. The Morgan fingerprint density at radius 3 is 2.72 bits per heavy atom. The van der Waals surface area contributed by atoms with E-state index in [4.69, 9.17) is 10.5 Å². The lowest BCUT2D eigenvalue weighted by molar-refractivity contribution is 0.216. The highest BCUT2D eigenvalue weighted by Crippen LogP contribution is 2.07. The first-order valence-corrected chi connectivity index (χ1v) is 5.94. The van der Waals surface area contributed by atoms with Crippen LogP contribution in [0.4, 0.5) is 4.39 Å². The first-order chi connectivity index (χ1) is 8.77. The van der Waals surface area contributed by atoms with Crippen molar-refractivity contribution < 1.29 is 9.13 Å². The second-order valence-electron chi connectivity index (χ2n) is 3.81. The predicted molar refractivity (Wildman–Crippen MR) is 72.1 cm³/mol. The zero-order valence-corrected chi connectivity index (χ0v) is 10.6. The Bertz CT molecular complexity index is 402. The summed E-state index contributed by atoms with van der Waals surface area (Å²) in [5.41, 5.74) is 7.26. The highest BCUT2D eigenvalue weighted by Gasteiger charge is 2.02. The van der Waals surface area contributed by atoms with Crippen molar-refractivity contribution in [3.8, 4) is 0 Å². The largest absolute Gasteiger partial charge is 0.486 e. The molecule has 4 heteroatoms. The second kappa shape index (κ2) is 8.28.